The minimum Gasteiger partial charge on any atom is -0.481 e. The monoisotopic (exact) mass is 283 g/mol. The molecule has 2 saturated carbocycles. The van der Waals surface area contributed by atoms with Gasteiger partial charge in [-0.05, 0) is 45.4 Å². The molecule has 0 bridgehead atoms. The van der Waals surface area contributed by atoms with Crippen molar-refractivity contribution in [2.24, 2.45) is 10.8 Å². The van der Waals surface area contributed by atoms with Gasteiger partial charge in [-0.1, -0.05) is 19.3 Å². The second-order valence-corrected chi connectivity index (χ2v) is 7.26. The molecule has 0 aromatic rings. The lowest BCUT2D eigenvalue weighted by Crippen LogP contribution is -2.40. The maximum atomic E-state index is 11.7. The Bertz CT molecular complexity index is 407. The fourth-order valence-corrected chi connectivity index (χ4v) is 3.58. The summed E-state index contributed by atoms with van der Waals surface area (Å²) in [4.78, 5) is 23.4. The number of amides is 1. The Balaban J connectivity index is 1.95. The molecule has 1 atom stereocenters. The van der Waals surface area contributed by atoms with Crippen LogP contribution >= 0.6 is 0 Å². The SMILES string of the molecule is CC(C)(C)OC(=O)NC[C@]1(C(=O)O)CC12CCCCC2. The molecule has 0 saturated heterocycles. The standard InChI is InChI=1S/C15H25NO4/c1-13(2,3)20-12(19)16-10-15(11(17)18)9-14(15)7-5-4-6-8-14/h4-10H2,1-3H3,(H,16,19)(H,17,18)/t15-/m0/s1. The normalized spacial score (nSPS) is 27.9. The Kier molecular flexibility index (Phi) is 3.73. The number of alkyl carbamates (subject to hydrolysis) is 1. The van der Waals surface area contributed by atoms with E-state index in [1.165, 1.54) is 6.42 Å². The van der Waals surface area contributed by atoms with Crippen molar-refractivity contribution in [3.63, 3.8) is 0 Å². The number of carbonyl (C=O) groups excluding carboxylic acids is 1. The second kappa shape index (κ2) is 4.93. The zero-order valence-corrected chi connectivity index (χ0v) is 12.6. The molecule has 114 valence electrons. The lowest BCUT2D eigenvalue weighted by atomic mass is 9.79. The second-order valence-electron chi connectivity index (χ2n) is 7.26. The van der Waals surface area contributed by atoms with E-state index in [1.807, 2.05) is 0 Å². The number of hydrogen-bond acceptors (Lipinski definition) is 3. The molecule has 0 unspecified atom stereocenters. The number of nitrogens with one attached hydrogen (secondary N) is 1. The van der Waals surface area contributed by atoms with Crippen LogP contribution in [0.25, 0.3) is 0 Å². The first-order chi connectivity index (χ1) is 9.21. The summed E-state index contributed by atoms with van der Waals surface area (Å²) in [5.74, 6) is -0.782. The molecule has 2 rings (SSSR count). The van der Waals surface area contributed by atoms with Gasteiger partial charge in [-0.15, -0.1) is 0 Å². The van der Waals surface area contributed by atoms with E-state index in [0.717, 1.165) is 25.7 Å². The zero-order chi connectivity index (χ0) is 15.0. The van der Waals surface area contributed by atoms with Crippen molar-refractivity contribution in [3.8, 4) is 0 Å². The molecule has 0 aromatic carbocycles. The Morgan fingerprint density at radius 3 is 2.30 bits per heavy atom. The highest BCUT2D eigenvalue weighted by atomic mass is 16.6. The zero-order valence-electron chi connectivity index (χ0n) is 12.6. The molecule has 2 N–H and O–H groups in total. The Morgan fingerprint density at radius 2 is 1.80 bits per heavy atom. The predicted octanol–water partition coefficient (Wildman–Crippen LogP) is 2.94. The van der Waals surface area contributed by atoms with Crippen LogP contribution in [0.2, 0.25) is 0 Å². The van der Waals surface area contributed by atoms with Crippen molar-refractivity contribution >= 4 is 12.1 Å². The number of aliphatic carboxylic acids is 1. The largest absolute Gasteiger partial charge is 0.481 e. The molecule has 2 aliphatic rings. The molecule has 20 heavy (non-hydrogen) atoms. The van der Waals surface area contributed by atoms with Gasteiger partial charge in [-0.25, -0.2) is 4.79 Å². The third-order valence-corrected chi connectivity index (χ3v) is 4.68. The smallest absolute Gasteiger partial charge is 0.407 e. The van der Waals surface area contributed by atoms with Crippen molar-refractivity contribution in [1.82, 2.24) is 5.32 Å². The van der Waals surface area contributed by atoms with Crippen molar-refractivity contribution < 1.29 is 19.4 Å². The molecule has 2 fully saturated rings. The van der Waals surface area contributed by atoms with Gasteiger partial charge in [0.05, 0.1) is 5.41 Å². The van der Waals surface area contributed by atoms with Crippen LogP contribution in [0.4, 0.5) is 4.79 Å². The summed E-state index contributed by atoms with van der Waals surface area (Å²) in [5, 5.41) is 12.2. The summed E-state index contributed by atoms with van der Waals surface area (Å²) in [6.45, 7) is 5.55. The van der Waals surface area contributed by atoms with Crippen molar-refractivity contribution in [2.75, 3.05) is 6.54 Å². The minimum absolute atomic E-state index is 0.0912. The molecule has 2 aliphatic carbocycles. The van der Waals surface area contributed by atoms with E-state index in [1.54, 1.807) is 20.8 Å². The third-order valence-electron chi connectivity index (χ3n) is 4.68. The Labute approximate surface area is 120 Å². The molecule has 1 spiro atoms. The highest BCUT2D eigenvalue weighted by Gasteiger charge is 2.71. The summed E-state index contributed by atoms with van der Waals surface area (Å²) in [6.07, 6.45) is 5.48. The third kappa shape index (κ3) is 2.76. The summed E-state index contributed by atoms with van der Waals surface area (Å²) in [7, 11) is 0. The van der Waals surface area contributed by atoms with Gasteiger partial charge < -0.3 is 15.2 Å². The van der Waals surface area contributed by atoms with Gasteiger partial charge in [0.1, 0.15) is 5.60 Å². The first-order valence-corrected chi connectivity index (χ1v) is 7.41. The molecule has 0 radical (unpaired) electrons. The van der Waals surface area contributed by atoms with Crippen LogP contribution in [0.3, 0.4) is 0 Å². The summed E-state index contributed by atoms with van der Waals surface area (Å²) in [5.41, 5.74) is -1.43. The Hall–Kier alpha value is -1.26. The van der Waals surface area contributed by atoms with E-state index < -0.39 is 23.1 Å². The van der Waals surface area contributed by atoms with E-state index in [2.05, 4.69) is 5.32 Å². The first kappa shape index (κ1) is 15.1. The van der Waals surface area contributed by atoms with Gasteiger partial charge in [0.2, 0.25) is 0 Å². The number of rotatable bonds is 3. The number of ether oxygens (including phenoxy) is 1. The van der Waals surface area contributed by atoms with E-state index in [-0.39, 0.29) is 12.0 Å². The highest BCUT2D eigenvalue weighted by Crippen LogP contribution is 2.70. The van der Waals surface area contributed by atoms with Crippen LogP contribution in [0.1, 0.15) is 59.3 Å². The maximum Gasteiger partial charge on any atom is 0.407 e. The molecule has 0 heterocycles. The number of hydrogen-bond donors (Lipinski definition) is 2. The van der Waals surface area contributed by atoms with Crippen LogP contribution < -0.4 is 5.32 Å². The lowest BCUT2D eigenvalue weighted by molar-refractivity contribution is -0.145. The summed E-state index contributed by atoms with van der Waals surface area (Å²) in [6, 6.07) is 0. The molecule has 1 amide bonds. The van der Waals surface area contributed by atoms with Crippen molar-refractivity contribution in [3.05, 3.63) is 0 Å². The van der Waals surface area contributed by atoms with Crippen LogP contribution in [-0.2, 0) is 9.53 Å². The van der Waals surface area contributed by atoms with Gasteiger partial charge in [-0.3, -0.25) is 4.79 Å². The van der Waals surface area contributed by atoms with E-state index in [4.69, 9.17) is 4.74 Å². The molecular weight excluding hydrogens is 258 g/mol. The predicted molar refractivity (Wildman–Crippen MR) is 74.4 cm³/mol. The molecule has 0 aliphatic heterocycles. The first-order valence-electron chi connectivity index (χ1n) is 7.41. The van der Waals surface area contributed by atoms with E-state index in [9.17, 15) is 14.7 Å². The Morgan fingerprint density at radius 1 is 1.20 bits per heavy atom. The van der Waals surface area contributed by atoms with E-state index >= 15 is 0 Å². The van der Waals surface area contributed by atoms with Crippen LogP contribution in [0.5, 0.6) is 0 Å². The van der Waals surface area contributed by atoms with Crippen LogP contribution in [0, 0.1) is 10.8 Å². The fourth-order valence-electron chi connectivity index (χ4n) is 3.58. The van der Waals surface area contributed by atoms with Crippen molar-refractivity contribution in [1.29, 1.82) is 0 Å². The molecular formula is C15H25NO4. The number of carboxylic acid groups (broad SMARTS) is 1. The maximum absolute atomic E-state index is 11.7. The fraction of sp³-hybridized carbons (Fsp3) is 0.867. The van der Waals surface area contributed by atoms with Gasteiger partial charge >= 0.3 is 12.1 Å². The number of carboxylic acids is 1. The van der Waals surface area contributed by atoms with Gasteiger partial charge in [0.15, 0.2) is 0 Å². The topological polar surface area (TPSA) is 75.6 Å². The highest BCUT2D eigenvalue weighted by molar-refractivity contribution is 5.81. The number of carbonyl (C=O) groups is 2. The molecule has 0 aromatic heterocycles. The van der Waals surface area contributed by atoms with Crippen molar-refractivity contribution in [2.45, 2.75) is 64.9 Å². The van der Waals surface area contributed by atoms with Crippen LogP contribution in [-0.4, -0.2) is 29.3 Å². The van der Waals surface area contributed by atoms with Gasteiger partial charge in [-0.2, -0.15) is 0 Å². The molecule has 5 heteroatoms. The van der Waals surface area contributed by atoms with Gasteiger partial charge in [0.25, 0.3) is 0 Å². The summed E-state index contributed by atoms with van der Waals surface area (Å²) < 4.78 is 5.17. The quantitative estimate of drug-likeness (QED) is 0.835. The average molecular weight is 283 g/mol. The molecule has 5 nitrogen and oxygen atoms in total. The lowest BCUT2D eigenvalue weighted by Gasteiger charge is -2.27. The van der Waals surface area contributed by atoms with Gasteiger partial charge in [0, 0.05) is 6.54 Å². The average Bonchev–Trinajstić information content (AvgIpc) is 2.94. The summed E-state index contributed by atoms with van der Waals surface area (Å²) >= 11 is 0. The van der Waals surface area contributed by atoms with E-state index in [0.29, 0.717) is 6.42 Å². The van der Waals surface area contributed by atoms with Crippen LogP contribution in [0.15, 0.2) is 0 Å². The minimum atomic E-state index is -0.782.